The van der Waals surface area contributed by atoms with Gasteiger partial charge in [0.1, 0.15) is 16.9 Å². The molecule has 0 fully saturated rings. The topological polar surface area (TPSA) is 133 Å². The average molecular weight is 381 g/mol. The van der Waals surface area contributed by atoms with Crippen LogP contribution in [-0.2, 0) is 0 Å². The van der Waals surface area contributed by atoms with Gasteiger partial charge in [0, 0.05) is 6.07 Å². The van der Waals surface area contributed by atoms with E-state index in [0.29, 0.717) is 6.61 Å². The number of phenolic OH excluding ortho intramolecular Hbond substituents is 1. The molecule has 26 heavy (non-hydrogen) atoms. The van der Waals surface area contributed by atoms with Gasteiger partial charge in [-0.3, -0.25) is 0 Å². The molecule has 0 spiro atoms. The Morgan fingerprint density at radius 2 is 1.62 bits per heavy atom. The molecule has 0 unspecified atom stereocenters. The van der Waals surface area contributed by atoms with Gasteiger partial charge in [-0.15, -0.1) is 10.2 Å². The fourth-order valence-corrected chi connectivity index (χ4v) is 2.31. The number of aryl methyl sites for hydroxylation is 1. The predicted molar refractivity (Wildman–Crippen MR) is 83.6 cm³/mol. The Kier molecular flexibility index (Phi) is 6.36. The summed E-state index contributed by atoms with van der Waals surface area (Å²) >= 11 is 0. The minimum Gasteiger partial charge on any atom is -0.508 e. The van der Waals surface area contributed by atoms with Crippen molar-refractivity contribution in [2.75, 3.05) is 6.61 Å². The van der Waals surface area contributed by atoms with E-state index in [1.165, 1.54) is 0 Å². The fourth-order valence-electron chi connectivity index (χ4n) is 2.31. The zero-order valence-corrected chi connectivity index (χ0v) is 14.9. The number of benzene rings is 2. The van der Waals surface area contributed by atoms with Crippen molar-refractivity contribution in [3.8, 4) is 22.8 Å². The summed E-state index contributed by atoms with van der Waals surface area (Å²) < 4.78 is 45.7. The summed E-state index contributed by atoms with van der Waals surface area (Å²) in [5, 5.41) is 10.4. The van der Waals surface area contributed by atoms with Crippen LogP contribution < -0.4 is 23.4 Å². The first-order chi connectivity index (χ1) is 12.2. The Bertz CT molecular complexity index is 867. The fraction of sp³-hybridized carbons (Fsp3) is 0.167. The number of rotatable bonds is 3. The molecule has 0 saturated carbocycles. The maximum Gasteiger partial charge on any atom is 0.364 e. The number of phenols is 1. The van der Waals surface area contributed by atoms with Gasteiger partial charge in [0.15, 0.2) is 0 Å². The van der Waals surface area contributed by atoms with E-state index >= 15 is 0 Å². The summed E-state index contributed by atoms with van der Waals surface area (Å²) in [7, 11) is -4.94. The normalized spacial score (nSPS) is 11.0. The maximum absolute atomic E-state index is 9.40. The molecule has 0 bridgehead atoms. The average Bonchev–Trinajstić information content (AvgIpc) is 2.53. The number of hydrogen-bond acceptors (Lipinski definition) is 6. The molecule has 2 aromatic carbocycles. The van der Waals surface area contributed by atoms with Crippen LogP contribution in [0.2, 0.25) is 0 Å². The molecule has 0 aliphatic rings. The van der Waals surface area contributed by atoms with Crippen LogP contribution in [0.3, 0.4) is 0 Å². The zero-order valence-electron chi connectivity index (χ0n) is 14.1. The van der Waals surface area contributed by atoms with E-state index in [1.807, 2.05) is 50.2 Å². The van der Waals surface area contributed by atoms with E-state index in [1.54, 1.807) is 12.1 Å². The van der Waals surface area contributed by atoms with Gasteiger partial charge >= 0.3 is 11.3 Å². The Morgan fingerprint density at radius 1 is 1.00 bits per heavy atom. The molecule has 0 amide bonds. The lowest BCUT2D eigenvalue weighted by Crippen LogP contribution is -2.68. The third-order valence-electron chi connectivity index (χ3n) is 3.34. The molecule has 1 aromatic heterocycles. The highest BCUT2D eigenvalue weighted by Crippen LogP contribution is 2.33. The molecular weight excluding hydrogens is 364 g/mol. The summed E-state index contributed by atoms with van der Waals surface area (Å²) in [6.07, 6.45) is 0. The van der Waals surface area contributed by atoms with Crippen LogP contribution in [0.4, 0.5) is 0 Å². The second-order valence-electron chi connectivity index (χ2n) is 5.33. The molecular formula is C18H17ClO7. The molecule has 0 atom stereocenters. The van der Waals surface area contributed by atoms with E-state index < -0.39 is 10.2 Å². The first kappa shape index (κ1) is 19.9. The molecule has 0 aliphatic heterocycles. The van der Waals surface area contributed by atoms with E-state index in [0.717, 1.165) is 33.6 Å². The molecule has 1 heterocycles. The smallest absolute Gasteiger partial charge is 0.364 e. The third kappa shape index (κ3) is 5.83. The molecule has 138 valence electrons. The van der Waals surface area contributed by atoms with Crippen LogP contribution in [-0.4, -0.2) is 11.7 Å². The lowest BCUT2D eigenvalue weighted by molar-refractivity contribution is -2.00. The van der Waals surface area contributed by atoms with Crippen LogP contribution in [0.1, 0.15) is 12.5 Å². The van der Waals surface area contributed by atoms with Gasteiger partial charge in [-0.05, 0) is 49.7 Å². The van der Waals surface area contributed by atoms with Gasteiger partial charge < -0.3 is 9.84 Å². The number of fused-ring (bicyclic) bond motifs is 1. The first-order valence-corrected chi connectivity index (χ1v) is 8.82. The largest absolute Gasteiger partial charge is 0.508 e. The molecule has 7 nitrogen and oxygen atoms in total. The molecule has 3 rings (SSSR count). The minimum atomic E-state index is -4.94. The van der Waals surface area contributed by atoms with Crippen molar-refractivity contribution < 1.29 is 43.1 Å². The van der Waals surface area contributed by atoms with Gasteiger partial charge in [-0.2, -0.15) is 0 Å². The van der Waals surface area contributed by atoms with Gasteiger partial charge in [-0.25, -0.2) is 23.1 Å². The van der Waals surface area contributed by atoms with E-state index in [4.69, 9.17) is 27.8 Å². The van der Waals surface area contributed by atoms with Crippen molar-refractivity contribution in [1.82, 2.24) is 0 Å². The summed E-state index contributed by atoms with van der Waals surface area (Å²) in [6, 6.07) is 14.9. The van der Waals surface area contributed by atoms with Crippen molar-refractivity contribution in [1.29, 1.82) is 0 Å². The molecule has 1 N–H and O–H groups in total. The highest BCUT2D eigenvalue weighted by Gasteiger charge is 2.20. The lowest BCUT2D eigenvalue weighted by Gasteiger charge is -2.17. The first-order valence-electron chi connectivity index (χ1n) is 7.59. The van der Waals surface area contributed by atoms with Crippen LogP contribution in [0.25, 0.3) is 22.3 Å². The number of ether oxygens (including phenoxy) is 1. The van der Waals surface area contributed by atoms with Gasteiger partial charge in [0.25, 0.3) is 0 Å². The van der Waals surface area contributed by atoms with Gasteiger partial charge in [0.2, 0.25) is 0 Å². The Labute approximate surface area is 152 Å². The van der Waals surface area contributed by atoms with E-state index in [2.05, 4.69) is 0 Å². The summed E-state index contributed by atoms with van der Waals surface area (Å²) in [4.78, 5) is 0. The lowest BCUT2D eigenvalue weighted by atomic mass is 10.1. The quantitative estimate of drug-likeness (QED) is 0.634. The van der Waals surface area contributed by atoms with Crippen molar-refractivity contribution >= 4 is 11.0 Å². The molecule has 0 saturated heterocycles. The van der Waals surface area contributed by atoms with E-state index in [-0.39, 0.29) is 5.75 Å². The Hall–Kier alpha value is -2.42. The van der Waals surface area contributed by atoms with Crippen molar-refractivity contribution in [2.24, 2.45) is 0 Å². The zero-order chi connectivity index (χ0) is 19.3. The summed E-state index contributed by atoms with van der Waals surface area (Å²) in [5.74, 6) is 1.76. The Balaban J connectivity index is 0.000000431. The highest BCUT2D eigenvalue weighted by atomic mass is 35.7. The summed E-state index contributed by atoms with van der Waals surface area (Å²) in [6.45, 7) is 4.59. The van der Waals surface area contributed by atoms with Crippen LogP contribution in [0.15, 0.2) is 52.9 Å². The van der Waals surface area contributed by atoms with E-state index in [9.17, 15) is 5.11 Å². The highest BCUT2D eigenvalue weighted by molar-refractivity contribution is 5.86. The Morgan fingerprint density at radius 3 is 2.19 bits per heavy atom. The third-order valence-corrected chi connectivity index (χ3v) is 3.34. The van der Waals surface area contributed by atoms with Gasteiger partial charge in [-0.1, -0.05) is 6.07 Å². The van der Waals surface area contributed by atoms with Gasteiger partial charge in [0.05, 0.1) is 18.2 Å². The minimum absolute atomic E-state index is 0.236. The molecule has 3 aromatic rings. The number of halogens is 1. The second-order valence-corrected chi connectivity index (χ2v) is 6.09. The van der Waals surface area contributed by atoms with Crippen LogP contribution >= 0.6 is 0 Å². The standard InChI is InChI=1S/C18H16O3.ClHO4/c1-3-20-17-11-16(13-5-7-14(19)8-6-13)21-18-10-12(2)4-9-15(17)18;2-1(3,4)5/h4-11H,3H2,1-2H3;(H,2,3,4,5). The maximum atomic E-state index is 9.40. The van der Waals surface area contributed by atoms with Crippen molar-refractivity contribution in [3.05, 3.63) is 54.1 Å². The number of aromatic hydroxyl groups is 1. The predicted octanol–water partition coefficient (Wildman–Crippen LogP) is 0.0376. The van der Waals surface area contributed by atoms with Crippen molar-refractivity contribution in [2.45, 2.75) is 13.8 Å². The van der Waals surface area contributed by atoms with Crippen LogP contribution in [0.5, 0.6) is 11.5 Å². The van der Waals surface area contributed by atoms with Crippen molar-refractivity contribution in [3.63, 3.8) is 0 Å². The molecule has 0 radical (unpaired) electrons. The number of hydrogen-bond donors (Lipinski definition) is 1. The second kappa shape index (κ2) is 8.31. The molecule has 8 heteroatoms. The SMILES string of the molecule is CCOc1cc(-c2ccc(O)cc2)[o+]c2cc(C)ccc12.[O-][Cl+3]([O-])([O-])[O-]. The van der Waals surface area contributed by atoms with Crippen LogP contribution in [0, 0.1) is 17.2 Å². The summed E-state index contributed by atoms with van der Waals surface area (Å²) in [5.41, 5.74) is 2.83. The molecule has 0 aliphatic carbocycles. The monoisotopic (exact) mass is 380 g/mol.